The molecule has 0 atom stereocenters. The van der Waals surface area contributed by atoms with Crippen LogP contribution in [-0.2, 0) is 0 Å². The number of alkyl halides is 3. The first-order valence-electron chi connectivity index (χ1n) is 6.24. The van der Waals surface area contributed by atoms with Gasteiger partial charge >= 0.3 is 6.36 Å². The fraction of sp³-hybridized carbons (Fsp3) is 0.188. The van der Waals surface area contributed by atoms with Crippen molar-refractivity contribution < 1.29 is 22.7 Å². The summed E-state index contributed by atoms with van der Waals surface area (Å²) in [5.41, 5.74) is 2.72. The van der Waals surface area contributed by atoms with Crippen LogP contribution in [0.3, 0.4) is 0 Å². The van der Waals surface area contributed by atoms with Crippen LogP contribution in [-0.4, -0.2) is 12.1 Å². The Morgan fingerprint density at radius 3 is 2.14 bits per heavy atom. The van der Waals surface area contributed by atoms with E-state index in [4.69, 9.17) is 0 Å². The molecule has 0 aliphatic carbocycles. The van der Waals surface area contributed by atoms with E-state index in [1.807, 2.05) is 26.0 Å². The summed E-state index contributed by atoms with van der Waals surface area (Å²) in [6, 6.07) is 10.3. The van der Waals surface area contributed by atoms with Gasteiger partial charge in [-0.2, -0.15) is 0 Å². The summed E-state index contributed by atoms with van der Waals surface area (Å²) in [5, 5.41) is 0. The third-order valence-corrected chi connectivity index (χ3v) is 2.98. The van der Waals surface area contributed by atoms with Crippen molar-refractivity contribution in [2.45, 2.75) is 20.2 Å². The first-order chi connectivity index (χ1) is 9.76. The zero-order valence-electron chi connectivity index (χ0n) is 11.5. The van der Waals surface area contributed by atoms with Gasteiger partial charge in [0.25, 0.3) is 0 Å². The summed E-state index contributed by atoms with van der Waals surface area (Å²) in [5.74, 6) is -0.578. The minimum absolute atomic E-state index is 0.231. The summed E-state index contributed by atoms with van der Waals surface area (Å²) in [6.07, 6.45) is -4.74. The molecule has 2 rings (SSSR count). The van der Waals surface area contributed by atoms with Crippen molar-refractivity contribution in [3.8, 4) is 5.75 Å². The highest BCUT2D eigenvalue weighted by Gasteiger charge is 2.31. The molecule has 2 aromatic carbocycles. The lowest BCUT2D eigenvalue weighted by Gasteiger charge is -2.10. The van der Waals surface area contributed by atoms with Crippen LogP contribution in [0.1, 0.15) is 27.0 Å². The molecule has 110 valence electrons. The lowest BCUT2D eigenvalue weighted by atomic mass is 9.97. The summed E-state index contributed by atoms with van der Waals surface area (Å²) >= 11 is 0. The highest BCUT2D eigenvalue weighted by atomic mass is 19.4. The van der Waals surface area contributed by atoms with Crippen LogP contribution < -0.4 is 4.74 Å². The van der Waals surface area contributed by atoms with Gasteiger partial charge in [0.2, 0.25) is 0 Å². The van der Waals surface area contributed by atoms with Crippen LogP contribution in [0.5, 0.6) is 5.75 Å². The number of hydrogen-bond acceptors (Lipinski definition) is 2. The molecule has 0 bridgehead atoms. The van der Waals surface area contributed by atoms with Crippen molar-refractivity contribution in [1.29, 1.82) is 0 Å². The third kappa shape index (κ3) is 3.84. The maximum Gasteiger partial charge on any atom is 0.573 e. The molecule has 0 saturated carbocycles. The minimum atomic E-state index is -4.74. The molecule has 0 spiro atoms. The molecular formula is C16H13F3O2. The third-order valence-electron chi connectivity index (χ3n) is 2.98. The molecule has 5 heteroatoms. The molecule has 0 aliphatic heterocycles. The fourth-order valence-electron chi connectivity index (χ4n) is 2.03. The lowest BCUT2D eigenvalue weighted by molar-refractivity contribution is -0.274. The average molecular weight is 294 g/mol. The Hall–Kier alpha value is -2.30. The van der Waals surface area contributed by atoms with Gasteiger partial charge < -0.3 is 4.74 Å². The van der Waals surface area contributed by atoms with Gasteiger partial charge in [-0.05, 0) is 43.7 Å². The molecule has 0 heterocycles. The number of carbonyl (C=O) groups excluding carboxylic acids is 1. The van der Waals surface area contributed by atoms with Gasteiger partial charge in [0, 0.05) is 11.1 Å². The topological polar surface area (TPSA) is 26.3 Å². The van der Waals surface area contributed by atoms with Gasteiger partial charge in [-0.25, -0.2) is 0 Å². The van der Waals surface area contributed by atoms with Crippen LogP contribution in [0, 0.1) is 13.8 Å². The van der Waals surface area contributed by atoms with Crippen molar-refractivity contribution >= 4 is 5.78 Å². The lowest BCUT2D eigenvalue weighted by Crippen LogP contribution is -2.17. The standard InChI is InChI=1S/C16H13F3O2/c1-10-3-8-14(11(2)9-10)15(20)12-4-6-13(7-5-12)21-16(17,18)19/h3-9H,1-2H3. The molecule has 0 unspecified atom stereocenters. The Bertz CT molecular complexity index is 658. The molecule has 21 heavy (non-hydrogen) atoms. The van der Waals surface area contributed by atoms with E-state index < -0.39 is 6.36 Å². The van der Waals surface area contributed by atoms with E-state index in [1.54, 1.807) is 6.07 Å². The van der Waals surface area contributed by atoms with Crippen LogP contribution >= 0.6 is 0 Å². The number of hydrogen-bond donors (Lipinski definition) is 0. The van der Waals surface area contributed by atoms with E-state index in [1.165, 1.54) is 12.1 Å². The molecule has 2 aromatic rings. The van der Waals surface area contributed by atoms with Gasteiger partial charge in [0.15, 0.2) is 5.78 Å². The van der Waals surface area contributed by atoms with Crippen molar-refractivity contribution in [3.63, 3.8) is 0 Å². The highest BCUT2D eigenvalue weighted by molar-refractivity contribution is 6.09. The monoisotopic (exact) mass is 294 g/mol. The molecule has 0 aliphatic rings. The quantitative estimate of drug-likeness (QED) is 0.783. The molecule has 0 saturated heterocycles. The normalized spacial score (nSPS) is 11.3. The largest absolute Gasteiger partial charge is 0.573 e. The van der Waals surface area contributed by atoms with Gasteiger partial charge in [0.1, 0.15) is 5.75 Å². The average Bonchev–Trinajstić information content (AvgIpc) is 2.37. The first kappa shape index (κ1) is 15.1. The number of carbonyl (C=O) groups is 1. The Kier molecular flexibility index (Phi) is 4.02. The molecule has 0 aromatic heterocycles. The van der Waals surface area contributed by atoms with Gasteiger partial charge in [-0.3, -0.25) is 4.79 Å². The number of ether oxygens (including phenoxy) is 1. The van der Waals surface area contributed by atoms with Crippen molar-refractivity contribution in [2.24, 2.45) is 0 Å². The molecular weight excluding hydrogens is 281 g/mol. The molecule has 0 amide bonds. The van der Waals surface area contributed by atoms with E-state index in [2.05, 4.69) is 4.74 Å². The zero-order chi connectivity index (χ0) is 15.6. The summed E-state index contributed by atoms with van der Waals surface area (Å²) in [4.78, 5) is 12.3. The number of benzene rings is 2. The highest BCUT2D eigenvalue weighted by Crippen LogP contribution is 2.24. The maximum absolute atomic E-state index is 12.3. The summed E-state index contributed by atoms with van der Waals surface area (Å²) in [6.45, 7) is 3.74. The summed E-state index contributed by atoms with van der Waals surface area (Å²) in [7, 11) is 0. The van der Waals surface area contributed by atoms with E-state index in [0.29, 0.717) is 11.1 Å². The Morgan fingerprint density at radius 1 is 1.00 bits per heavy atom. The number of ketones is 1. The van der Waals surface area contributed by atoms with Gasteiger partial charge in [-0.15, -0.1) is 13.2 Å². The predicted molar refractivity (Wildman–Crippen MR) is 72.5 cm³/mol. The summed E-state index contributed by atoms with van der Waals surface area (Å²) < 4.78 is 40.0. The Balaban J connectivity index is 2.24. The molecule has 0 fully saturated rings. The van der Waals surface area contributed by atoms with Crippen LogP contribution in [0.25, 0.3) is 0 Å². The number of rotatable bonds is 3. The van der Waals surface area contributed by atoms with Crippen LogP contribution in [0.2, 0.25) is 0 Å². The van der Waals surface area contributed by atoms with E-state index in [-0.39, 0.29) is 11.5 Å². The van der Waals surface area contributed by atoms with Crippen molar-refractivity contribution in [2.75, 3.05) is 0 Å². The van der Waals surface area contributed by atoms with Crippen LogP contribution in [0.4, 0.5) is 13.2 Å². The van der Waals surface area contributed by atoms with Gasteiger partial charge in [0.05, 0.1) is 0 Å². The molecule has 0 N–H and O–H groups in total. The number of aryl methyl sites for hydroxylation is 2. The smallest absolute Gasteiger partial charge is 0.406 e. The van der Waals surface area contributed by atoms with Crippen molar-refractivity contribution in [1.82, 2.24) is 0 Å². The number of halogens is 3. The van der Waals surface area contributed by atoms with Gasteiger partial charge in [-0.1, -0.05) is 23.8 Å². The van der Waals surface area contributed by atoms with Crippen molar-refractivity contribution in [3.05, 3.63) is 64.7 Å². The minimum Gasteiger partial charge on any atom is -0.406 e. The second kappa shape index (κ2) is 5.60. The molecule has 0 radical (unpaired) electrons. The van der Waals surface area contributed by atoms with E-state index >= 15 is 0 Å². The van der Waals surface area contributed by atoms with Crippen LogP contribution in [0.15, 0.2) is 42.5 Å². The second-order valence-corrected chi connectivity index (χ2v) is 4.72. The fourth-order valence-corrected chi connectivity index (χ4v) is 2.03. The second-order valence-electron chi connectivity index (χ2n) is 4.72. The SMILES string of the molecule is Cc1ccc(C(=O)c2ccc(OC(F)(F)F)cc2)c(C)c1. The zero-order valence-corrected chi connectivity index (χ0v) is 11.5. The Labute approximate surface area is 120 Å². The Morgan fingerprint density at radius 2 is 1.62 bits per heavy atom. The predicted octanol–water partition coefficient (Wildman–Crippen LogP) is 4.43. The first-order valence-corrected chi connectivity index (χ1v) is 6.24. The van der Waals surface area contributed by atoms with E-state index in [9.17, 15) is 18.0 Å². The molecule has 2 nitrogen and oxygen atoms in total. The van der Waals surface area contributed by atoms with E-state index in [0.717, 1.165) is 23.3 Å². The maximum atomic E-state index is 12.3.